The van der Waals surface area contributed by atoms with E-state index in [1.54, 1.807) is 0 Å². The molecule has 0 heterocycles. The molecule has 0 saturated heterocycles. The van der Waals surface area contributed by atoms with Gasteiger partial charge in [-0.05, 0) is 0 Å². The number of hydrogen-bond acceptors (Lipinski definition) is 11. The lowest BCUT2D eigenvalue weighted by molar-refractivity contribution is -0.214. The van der Waals surface area contributed by atoms with Crippen LogP contribution >= 0.6 is 0 Å². The van der Waals surface area contributed by atoms with Crippen LogP contribution in [0, 0.1) is 0 Å². The van der Waals surface area contributed by atoms with Crippen molar-refractivity contribution < 1.29 is 53.1 Å². The van der Waals surface area contributed by atoms with Crippen molar-refractivity contribution in [2.24, 2.45) is 5.73 Å². The first kappa shape index (κ1) is 21.1. The molecule has 0 aliphatic heterocycles. The van der Waals surface area contributed by atoms with Crippen molar-refractivity contribution in [2.45, 2.75) is 36.7 Å². The molecule has 132 valence electrons. The lowest BCUT2D eigenvalue weighted by atomic mass is 10.0. The van der Waals surface area contributed by atoms with Gasteiger partial charge in [0.1, 0.15) is 36.2 Å². The van der Waals surface area contributed by atoms with Crippen LogP contribution in [-0.4, -0.2) is 98.7 Å². The number of ether oxygens (including phenoxy) is 1. The molecule has 0 saturated carbocycles. The van der Waals surface area contributed by atoms with Crippen LogP contribution in [0.2, 0.25) is 0 Å². The molecule has 0 rings (SSSR count). The van der Waals surface area contributed by atoms with Crippen LogP contribution < -0.4 is 5.73 Å². The highest BCUT2D eigenvalue weighted by molar-refractivity contribution is 7.85. The summed E-state index contributed by atoms with van der Waals surface area (Å²) in [6.07, 6.45) is -10.8. The Morgan fingerprint density at radius 2 is 1.55 bits per heavy atom. The lowest BCUT2D eigenvalue weighted by Crippen LogP contribution is -2.52. The van der Waals surface area contributed by atoms with Gasteiger partial charge in [-0.25, -0.2) is 0 Å². The first-order valence-electron chi connectivity index (χ1n) is 5.83. The zero-order valence-corrected chi connectivity index (χ0v) is 11.9. The van der Waals surface area contributed by atoms with E-state index in [1.165, 1.54) is 0 Å². The van der Waals surface area contributed by atoms with Crippen LogP contribution in [0.3, 0.4) is 0 Å². The molecule has 0 radical (unpaired) electrons. The van der Waals surface area contributed by atoms with Gasteiger partial charge in [0.2, 0.25) is 6.29 Å². The molecule has 9 N–H and O–H groups in total. The van der Waals surface area contributed by atoms with Crippen molar-refractivity contribution in [3.63, 3.8) is 0 Å². The van der Waals surface area contributed by atoms with Crippen LogP contribution in [0.1, 0.15) is 0 Å². The highest BCUT2D eigenvalue weighted by Crippen LogP contribution is 2.10. The maximum absolute atomic E-state index is 11.3. The van der Waals surface area contributed by atoms with Crippen molar-refractivity contribution >= 4 is 16.1 Å². The van der Waals surface area contributed by atoms with Gasteiger partial charge in [-0.3, -0.25) is 9.35 Å². The largest absolute Gasteiger partial charge is 0.432 e. The molecular formula is C9H19NO11S. The third-order valence-electron chi connectivity index (χ3n) is 2.50. The second kappa shape index (κ2) is 8.66. The minimum absolute atomic E-state index is 0.958. The van der Waals surface area contributed by atoms with Crippen molar-refractivity contribution in [3.05, 3.63) is 0 Å². The summed E-state index contributed by atoms with van der Waals surface area (Å²) in [4.78, 5) is 11.3. The summed E-state index contributed by atoms with van der Waals surface area (Å²) in [7, 11) is -4.59. The molecule has 0 bridgehead atoms. The zero-order valence-electron chi connectivity index (χ0n) is 11.1. The van der Waals surface area contributed by atoms with Gasteiger partial charge in [0.05, 0.1) is 6.61 Å². The molecule has 6 atom stereocenters. The van der Waals surface area contributed by atoms with Gasteiger partial charge >= 0.3 is 5.97 Å². The maximum atomic E-state index is 11.3. The Balaban J connectivity index is 4.64. The predicted octanol–water partition coefficient (Wildman–Crippen LogP) is -5.50. The first-order chi connectivity index (χ1) is 9.90. The van der Waals surface area contributed by atoms with E-state index in [1.807, 2.05) is 0 Å². The third-order valence-corrected chi connectivity index (χ3v) is 3.28. The van der Waals surface area contributed by atoms with E-state index in [2.05, 4.69) is 4.74 Å². The Morgan fingerprint density at radius 1 is 1.05 bits per heavy atom. The summed E-state index contributed by atoms with van der Waals surface area (Å²) >= 11 is 0. The average Bonchev–Trinajstić information content (AvgIpc) is 2.41. The summed E-state index contributed by atoms with van der Waals surface area (Å²) in [6, 6.07) is -1.87. The van der Waals surface area contributed by atoms with Crippen molar-refractivity contribution in [1.29, 1.82) is 0 Å². The number of nitrogens with two attached hydrogens (primary N) is 1. The van der Waals surface area contributed by atoms with E-state index >= 15 is 0 Å². The molecule has 0 amide bonds. The van der Waals surface area contributed by atoms with Gasteiger partial charge in [0.15, 0.2) is 0 Å². The van der Waals surface area contributed by atoms with Crippen LogP contribution in [-0.2, 0) is 19.6 Å². The van der Waals surface area contributed by atoms with E-state index in [0.29, 0.717) is 0 Å². The number of aliphatic hydroxyl groups is 6. The molecule has 0 aliphatic rings. The van der Waals surface area contributed by atoms with E-state index < -0.39 is 65.2 Å². The zero-order chi connectivity index (χ0) is 17.7. The minimum atomic E-state index is -4.59. The van der Waals surface area contributed by atoms with E-state index in [4.69, 9.17) is 20.5 Å². The Kier molecular flexibility index (Phi) is 8.30. The lowest BCUT2D eigenvalue weighted by Gasteiger charge is -2.28. The van der Waals surface area contributed by atoms with Gasteiger partial charge in [-0.2, -0.15) is 8.42 Å². The SMILES string of the molecule is N[C@H](CS(=O)(=O)O)C(=O)OC(O)[C@H](O)[C@@H](O)[C@H](O)[C@H](O)CO. The molecule has 0 aromatic carbocycles. The Morgan fingerprint density at radius 3 is 1.95 bits per heavy atom. The summed E-state index contributed by atoms with van der Waals surface area (Å²) in [6.45, 7) is -0.958. The number of esters is 1. The molecule has 0 aromatic rings. The number of carbonyl (C=O) groups excluding carboxylic acids is 1. The Labute approximate surface area is 125 Å². The smallest absolute Gasteiger partial charge is 0.326 e. The van der Waals surface area contributed by atoms with E-state index in [9.17, 15) is 33.6 Å². The molecule has 0 spiro atoms. The fourth-order valence-electron chi connectivity index (χ4n) is 1.28. The highest BCUT2D eigenvalue weighted by atomic mass is 32.2. The summed E-state index contributed by atoms with van der Waals surface area (Å²) < 4.78 is 33.6. The Bertz CT molecular complexity index is 454. The predicted molar refractivity (Wildman–Crippen MR) is 67.6 cm³/mol. The third kappa shape index (κ3) is 6.91. The summed E-state index contributed by atoms with van der Waals surface area (Å²) in [5.74, 6) is -2.73. The van der Waals surface area contributed by atoms with Gasteiger partial charge < -0.3 is 41.1 Å². The maximum Gasteiger partial charge on any atom is 0.326 e. The normalized spacial score (nSPS) is 20.5. The topological polar surface area (TPSA) is 228 Å². The molecule has 12 nitrogen and oxygen atoms in total. The van der Waals surface area contributed by atoms with Gasteiger partial charge in [-0.1, -0.05) is 0 Å². The fraction of sp³-hybridized carbons (Fsp3) is 0.889. The molecule has 22 heavy (non-hydrogen) atoms. The molecule has 0 aromatic heterocycles. The van der Waals surface area contributed by atoms with Crippen LogP contribution in [0.25, 0.3) is 0 Å². The van der Waals surface area contributed by atoms with Crippen molar-refractivity contribution in [1.82, 2.24) is 0 Å². The fourth-order valence-corrected chi connectivity index (χ4v) is 1.87. The van der Waals surface area contributed by atoms with E-state index in [0.717, 1.165) is 0 Å². The van der Waals surface area contributed by atoms with Crippen molar-refractivity contribution in [2.75, 3.05) is 12.4 Å². The standard InChI is InChI=1S/C9H19NO11S/c10-3(2-22(18,19)20)8(16)21-9(17)7(15)6(14)5(13)4(12)1-11/h3-7,9,11-15,17H,1-2,10H2,(H,18,19,20)/t3-,4-,5-,6+,7-,9?/m1/s1. The highest BCUT2D eigenvalue weighted by Gasteiger charge is 2.36. The molecule has 13 heteroatoms. The average molecular weight is 349 g/mol. The molecular weight excluding hydrogens is 330 g/mol. The second-order valence-corrected chi connectivity index (χ2v) is 5.90. The minimum Gasteiger partial charge on any atom is -0.432 e. The second-order valence-electron chi connectivity index (χ2n) is 4.40. The van der Waals surface area contributed by atoms with Crippen LogP contribution in [0.4, 0.5) is 0 Å². The number of aliphatic hydroxyl groups excluding tert-OH is 6. The van der Waals surface area contributed by atoms with Gasteiger partial charge in [0, 0.05) is 0 Å². The Hall–Kier alpha value is -0.900. The van der Waals surface area contributed by atoms with E-state index in [-0.39, 0.29) is 0 Å². The summed E-state index contributed by atoms with van der Waals surface area (Å²) in [5, 5.41) is 55.1. The number of carbonyl (C=O) groups is 1. The summed E-state index contributed by atoms with van der Waals surface area (Å²) in [5.41, 5.74) is 5.07. The van der Waals surface area contributed by atoms with Crippen LogP contribution in [0.15, 0.2) is 0 Å². The van der Waals surface area contributed by atoms with Crippen molar-refractivity contribution in [3.8, 4) is 0 Å². The molecule has 1 unspecified atom stereocenters. The first-order valence-corrected chi connectivity index (χ1v) is 7.44. The number of rotatable bonds is 9. The van der Waals surface area contributed by atoms with Gasteiger partial charge in [-0.15, -0.1) is 0 Å². The monoisotopic (exact) mass is 349 g/mol. The quantitative estimate of drug-likeness (QED) is 0.111. The molecule has 0 aliphatic carbocycles. The number of hydrogen-bond donors (Lipinski definition) is 8. The van der Waals surface area contributed by atoms with Crippen LogP contribution in [0.5, 0.6) is 0 Å². The molecule has 0 fully saturated rings. The van der Waals surface area contributed by atoms with Gasteiger partial charge in [0.25, 0.3) is 10.1 Å².